The van der Waals surface area contributed by atoms with Gasteiger partial charge in [0, 0.05) is 32.0 Å². The van der Waals surface area contributed by atoms with Crippen molar-refractivity contribution in [1.82, 2.24) is 14.8 Å². The number of amides is 1. The molecule has 1 rings (SSSR count). The second-order valence-electron chi connectivity index (χ2n) is 5.44. The highest BCUT2D eigenvalue weighted by atomic mass is 16.5. The summed E-state index contributed by atoms with van der Waals surface area (Å²) in [5.74, 6) is -0.782. The highest BCUT2D eigenvalue weighted by Gasteiger charge is 2.22. The molecule has 0 aliphatic rings. The van der Waals surface area contributed by atoms with Gasteiger partial charge in [-0.1, -0.05) is 20.8 Å². The lowest BCUT2D eigenvalue weighted by molar-refractivity contribution is -0.145. The van der Waals surface area contributed by atoms with Crippen LogP contribution in [0, 0.1) is 5.92 Å². The van der Waals surface area contributed by atoms with Crippen LogP contribution < -0.4 is 0 Å². The van der Waals surface area contributed by atoms with Crippen molar-refractivity contribution < 1.29 is 14.3 Å². The Balaban J connectivity index is 2.82. The maximum atomic E-state index is 12.7. The predicted octanol–water partition coefficient (Wildman–Crippen LogP) is 1.67. The van der Waals surface area contributed by atoms with Crippen LogP contribution in [0.1, 0.15) is 31.1 Å². The Morgan fingerprint density at radius 3 is 2.48 bits per heavy atom. The fourth-order valence-corrected chi connectivity index (χ4v) is 2.36. The summed E-state index contributed by atoms with van der Waals surface area (Å²) in [7, 11) is 1.36. The molecule has 1 aromatic heterocycles. The molecule has 0 spiro atoms. The number of likely N-dealkylation sites (N-methyl/N-ethyl adjacent to an activating group) is 1. The van der Waals surface area contributed by atoms with Crippen LogP contribution in [0.15, 0.2) is 24.5 Å². The van der Waals surface area contributed by atoms with Crippen LogP contribution in [0.2, 0.25) is 0 Å². The van der Waals surface area contributed by atoms with Crippen LogP contribution >= 0.6 is 0 Å². The number of hydrogen-bond donors (Lipinski definition) is 0. The van der Waals surface area contributed by atoms with Crippen molar-refractivity contribution in [2.75, 3.05) is 39.8 Å². The Morgan fingerprint density at radius 2 is 1.96 bits per heavy atom. The SMILES string of the molecule is CCN(CC)CCN(CC(C)C(=O)OC)C(=O)c1cccnc1. The van der Waals surface area contributed by atoms with Gasteiger partial charge in [-0.15, -0.1) is 0 Å². The van der Waals surface area contributed by atoms with Gasteiger partial charge in [0.25, 0.3) is 5.91 Å². The Hall–Kier alpha value is -1.95. The summed E-state index contributed by atoms with van der Waals surface area (Å²) < 4.78 is 4.77. The summed E-state index contributed by atoms with van der Waals surface area (Å²) in [6.07, 6.45) is 3.18. The Bertz CT molecular complexity index is 489. The van der Waals surface area contributed by atoms with Crippen LogP contribution in [0.4, 0.5) is 0 Å². The molecule has 0 aromatic carbocycles. The zero-order chi connectivity index (χ0) is 17.2. The van der Waals surface area contributed by atoms with Gasteiger partial charge in [0.1, 0.15) is 0 Å². The van der Waals surface area contributed by atoms with Crippen molar-refractivity contribution in [3.05, 3.63) is 30.1 Å². The molecule has 6 heteroatoms. The molecule has 0 radical (unpaired) electrons. The molecule has 6 nitrogen and oxygen atoms in total. The molecule has 0 aliphatic heterocycles. The molecule has 1 heterocycles. The van der Waals surface area contributed by atoms with E-state index in [1.165, 1.54) is 7.11 Å². The summed E-state index contributed by atoms with van der Waals surface area (Å²) in [6, 6.07) is 3.47. The van der Waals surface area contributed by atoms with Gasteiger partial charge in [-0.2, -0.15) is 0 Å². The highest BCUT2D eigenvalue weighted by molar-refractivity contribution is 5.94. The van der Waals surface area contributed by atoms with E-state index in [0.717, 1.165) is 19.6 Å². The van der Waals surface area contributed by atoms with E-state index < -0.39 is 0 Å². The van der Waals surface area contributed by atoms with Gasteiger partial charge < -0.3 is 14.5 Å². The maximum absolute atomic E-state index is 12.7. The number of pyridine rings is 1. The summed E-state index contributed by atoms with van der Waals surface area (Å²) in [5, 5.41) is 0. The molecule has 23 heavy (non-hydrogen) atoms. The van der Waals surface area contributed by atoms with E-state index in [0.29, 0.717) is 18.7 Å². The van der Waals surface area contributed by atoms with Gasteiger partial charge in [0.05, 0.1) is 18.6 Å². The standard InChI is InChI=1S/C17H27N3O3/c1-5-19(6-2)10-11-20(13-14(3)17(22)23-4)16(21)15-8-7-9-18-12-15/h7-9,12,14H,5-6,10-11,13H2,1-4H3. The molecule has 0 saturated heterocycles. The van der Waals surface area contributed by atoms with Gasteiger partial charge in [-0.05, 0) is 25.2 Å². The molecule has 1 amide bonds. The number of carbonyl (C=O) groups excluding carboxylic acids is 2. The first kappa shape index (κ1) is 19.1. The van der Waals surface area contributed by atoms with Gasteiger partial charge >= 0.3 is 5.97 Å². The topological polar surface area (TPSA) is 62.7 Å². The minimum Gasteiger partial charge on any atom is -0.469 e. The van der Waals surface area contributed by atoms with E-state index in [1.54, 1.807) is 36.4 Å². The molecular formula is C17H27N3O3. The van der Waals surface area contributed by atoms with Gasteiger partial charge in [-0.25, -0.2) is 0 Å². The zero-order valence-electron chi connectivity index (χ0n) is 14.5. The van der Waals surface area contributed by atoms with Crippen molar-refractivity contribution in [3.8, 4) is 0 Å². The summed E-state index contributed by atoms with van der Waals surface area (Å²) in [4.78, 5) is 32.3. The molecule has 1 aromatic rings. The second-order valence-corrected chi connectivity index (χ2v) is 5.44. The smallest absolute Gasteiger partial charge is 0.310 e. The third-order valence-corrected chi connectivity index (χ3v) is 3.87. The van der Waals surface area contributed by atoms with E-state index >= 15 is 0 Å². The lowest BCUT2D eigenvalue weighted by atomic mass is 10.1. The highest BCUT2D eigenvalue weighted by Crippen LogP contribution is 2.08. The fraction of sp³-hybridized carbons (Fsp3) is 0.588. The largest absolute Gasteiger partial charge is 0.469 e. The van der Waals surface area contributed by atoms with Gasteiger partial charge in [0.15, 0.2) is 0 Å². The first-order chi connectivity index (χ1) is 11.0. The molecule has 0 bridgehead atoms. The number of carbonyl (C=O) groups is 2. The third-order valence-electron chi connectivity index (χ3n) is 3.87. The van der Waals surface area contributed by atoms with Gasteiger partial charge in [-0.3, -0.25) is 14.6 Å². The van der Waals surface area contributed by atoms with Crippen LogP contribution in [-0.2, 0) is 9.53 Å². The van der Waals surface area contributed by atoms with Crippen LogP contribution in [0.25, 0.3) is 0 Å². The Labute approximate surface area is 138 Å². The number of esters is 1. The Morgan fingerprint density at radius 1 is 1.26 bits per heavy atom. The second kappa shape index (κ2) is 9.94. The van der Waals surface area contributed by atoms with Crippen LogP contribution in [0.5, 0.6) is 0 Å². The molecule has 1 atom stereocenters. The van der Waals surface area contributed by atoms with Crippen LogP contribution in [0.3, 0.4) is 0 Å². The van der Waals surface area contributed by atoms with E-state index in [4.69, 9.17) is 4.74 Å². The number of methoxy groups -OCH3 is 1. The average molecular weight is 321 g/mol. The number of ether oxygens (including phenoxy) is 1. The predicted molar refractivity (Wildman–Crippen MR) is 89.1 cm³/mol. The molecular weight excluding hydrogens is 294 g/mol. The van der Waals surface area contributed by atoms with Gasteiger partial charge in [0.2, 0.25) is 0 Å². The minimum absolute atomic E-state index is 0.110. The van der Waals surface area contributed by atoms with Crippen molar-refractivity contribution in [2.24, 2.45) is 5.92 Å². The van der Waals surface area contributed by atoms with E-state index in [-0.39, 0.29) is 17.8 Å². The first-order valence-electron chi connectivity index (χ1n) is 8.02. The molecule has 128 valence electrons. The fourth-order valence-electron chi connectivity index (χ4n) is 2.36. The monoisotopic (exact) mass is 321 g/mol. The quantitative estimate of drug-likeness (QED) is 0.648. The van der Waals surface area contributed by atoms with Crippen molar-refractivity contribution in [2.45, 2.75) is 20.8 Å². The molecule has 0 aliphatic carbocycles. The zero-order valence-corrected chi connectivity index (χ0v) is 14.5. The number of hydrogen-bond acceptors (Lipinski definition) is 5. The van der Waals surface area contributed by atoms with Crippen molar-refractivity contribution in [1.29, 1.82) is 0 Å². The third kappa shape index (κ3) is 5.98. The van der Waals surface area contributed by atoms with Crippen molar-refractivity contribution in [3.63, 3.8) is 0 Å². The summed E-state index contributed by atoms with van der Waals surface area (Å²) >= 11 is 0. The maximum Gasteiger partial charge on any atom is 0.310 e. The van der Waals surface area contributed by atoms with E-state index in [2.05, 4.69) is 23.7 Å². The number of aromatic nitrogens is 1. The normalized spacial score (nSPS) is 12.0. The number of rotatable bonds is 9. The summed E-state index contributed by atoms with van der Waals surface area (Å²) in [6.45, 7) is 9.48. The van der Waals surface area contributed by atoms with E-state index in [9.17, 15) is 9.59 Å². The molecule has 0 N–H and O–H groups in total. The molecule has 0 fully saturated rings. The minimum atomic E-state index is -0.364. The number of nitrogens with zero attached hydrogens (tertiary/aromatic N) is 3. The first-order valence-corrected chi connectivity index (χ1v) is 8.02. The molecule has 1 unspecified atom stereocenters. The van der Waals surface area contributed by atoms with E-state index in [1.807, 2.05) is 0 Å². The summed E-state index contributed by atoms with van der Waals surface area (Å²) in [5.41, 5.74) is 0.532. The lowest BCUT2D eigenvalue weighted by Crippen LogP contribution is -2.42. The van der Waals surface area contributed by atoms with Crippen molar-refractivity contribution >= 4 is 11.9 Å². The molecule has 0 saturated carbocycles. The average Bonchev–Trinajstić information content (AvgIpc) is 2.60. The lowest BCUT2D eigenvalue weighted by Gasteiger charge is -2.28. The van der Waals surface area contributed by atoms with Crippen LogP contribution in [-0.4, -0.2) is 66.5 Å². The Kier molecular flexibility index (Phi) is 8.26.